The van der Waals surface area contributed by atoms with Gasteiger partial charge in [-0.1, -0.05) is 0 Å². The fourth-order valence-corrected chi connectivity index (χ4v) is 2.85. The molecular weight excluding hydrogens is 280 g/mol. The monoisotopic (exact) mass is 302 g/mol. The van der Waals surface area contributed by atoms with Gasteiger partial charge in [-0.05, 0) is 32.8 Å². The summed E-state index contributed by atoms with van der Waals surface area (Å²) < 4.78 is 5.16. The number of piperidine rings is 1. The predicted octanol–water partition coefficient (Wildman–Crippen LogP) is 2.29. The first-order chi connectivity index (χ1) is 10.7. The number of aromatic nitrogens is 2. The summed E-state index contributed by atoms with van der Waals surface area (Å²) in [6, 6.07) is 2.78. The van der Waals surface area contributed by atoms with Gasteiger partial charge in [-0.2, -0.15) is 0 Å². The molecule has 0 aliphatic carbocycles. The molecule has 0 spiro atoms. The maximum absolute atomic E-state index is 12.2. The number of nitrogens with one attached hydrogen (secondary N) is 3. The van der Waals surface area contributed by atoms with Crippen LogP contribution in [0.5, 0.6) is 0 Å². The van der Waals surface area contributed by atoms with Crippen molar-refractivity contribution >= 4 is 22.7 Å². The van der Waals surface area contributed by atoms with Gasteiger partial charge in [0.1, 0.15) is 11.2 Å². The van der Waals surface area contributed by atoms with Crippen LogP contribution >= 0.6 is 0 Å². The minimum atomic E-state index is -0.335. The Labute approximate surface area is 129 Å². The van der Waals surface area contributed by atoms with E-state index in [1.54, 1.807) is 13.1 Å². The van der Waals surface area contributed by atoms with Crippen molar-refractivity contribution in [2.45, 2.75) is 38.8 Å². The molecule has 0 saturated carbocycles. The van der Waals surface area contributed by atoms with E-state index >= 15 is 0 Å². The molecule has 0 unspecified atom stereocenters. The second-order valence-electron chi connectivity index (χ2n) is 5.74. The maximum atomic E-state index is 12.2. The Kier molecular flexibility index (Phi) is 4.29. The number of anilines is 1. The fourth-order valence-electron chi connectivity index (χ4n) is 2.85. The summed E-state index contributed by atoms with van der Waals surface area (Å²) in [4.78, 5) is 19.6. The van der Waals surface area contributed by atoms with Gasteiger partial charge < -0.3 is 20.4 Å². The number of pyridine rings is 1. The zero-order chi connectivity index (χ0) is 15.5. The maximum Gasteiger partial charge on any atom is 0.341 e. The second-order valence-corrected chi connectivity index (χ2v) is 5.74. The largest absolute Gasteiger partial charge is 0.462 e. The fraction of sp³-hybridized carbons (Fsp3) is 0.500. The van der Waals surface area contributed by atoms with Gasteiger partial charge in [0.15, 0.2) is 0 Å². The third-order valence-corrected chi connectivity index (χ3v) is 4.09. The number of aromatic amines is 1. The SMILES string of the molecule is CCOC(=O)c1cnc2[nH]ccc2c1N[C@@H]1CC[C@H](C)NC1. The molecule has 1 fully saturated rings. The molecule has 6 nitrogen and oxygen atoms in total. The van der Waals surface area contributed by atoms with E-state index in [1.165, 1.54) is 0 Å². The summed E-state index contributed by atoms with van der Waals surface area (Å²) in [6.07, 6.45) is 5.61. The van der Waals surface area contributed by atoms with Crippen molar-refractivity contribution in [2.75, 3.05) is 18.5 Å². The molecule has 0 aromatic carbocycles. The van der Waals surface area contributed by atoms with Crippen molar-refractivity contribution in [3.8, 4) is 0 Å². The quantitative estimate of drug-likeness (QED) is 0.755. The smallest absolute Gasteiger partial charge is 0.341 e. The van der Waals surface area contributed by atoms with Gasteiger partial charge in [-0.25, -0.2) is 9.78 Å². The molecular formula is C16H22N4O2. The van der Waals surface area contributed by atoms with Crippen LogP contribution in [-0.4, -0.2) is 41.2 Å². The van der Waals surface area contributed by atoms with E-state index in [9.17, 15) is 4.79 Å². The Hall–Kier alpha value is -2.08. The minimum Gasteiger partial charge on any atom is -0.462 e. The third-order valence-electron chi connectivity index (χ3n) is 4.09. The van der Waals surface area contributed by atoms with Crippen LogP contribution in [0.3, 0.4) is 0 Å². The number of ether oxygens (including phenoxy) is 1. The van der Waals surface area contributed by atoms with Gasteiger partial charge in [0, 0.05) is 36.4 Å². The van der Waals surface area contributed by atoms with E-state index < -0.39 is 0 Å². The number of fused-ring (bicyclic) bond motifs is 1. The van der Waals surface area contributed by atoms with E-state index in [1.807, 2.05) is 12.3 Å². The van der Waals surface area contributed by atoms with Crippen LogP contribution in [0, 0.1) is 0 Å². The average molecular weight is 302 g/mol. The Balaban J connectivity index is 1.92. The standard InChI is InChI=1S/C16H22N4O2/c1-3-22-16(21)13-9-19-15-12(6-7-17-15)14(13)20-11-5-4-10(2)18-8-11/h6-7,9-11,18H,3-5,8H2,1-2H3,(H2,17,19,20)/t10-,11+/m0/s1. The lowest BCUT2D eigenvalue weighted by atomic mass is 10.0. The van der Waals surface area contributed by atoms with Crippen LogP contribution in [0.25, 0.3) is 11.0 Å². The summed E-state index contributed by atoms with van der Waals surface area (Å²) in [5.41, 5.74) is 2.08. The molecule has 3 rings (SSSR count). The van der Waals surface area contributed by atoms with Crippen molar-refractivity contribution < 1.29 is 9.53 Å². The summed E-state index contributed by atoms with van der Waals surface area (Å²) in [5.74, 6) is -0.335. The Morgan fingerprint density at radius 2 is 2.36 bits per heavy atom. The summed E-state index contributed by atoms with van der Waals surface area (Å²) >= 11 is 0. The molecule has 2 aromatic heterocycles. The van der Waals surface area contributed by atoms with E-state index in [0.717, 1.165) is 36.1 Å². The summed E-state index contributed by atoms with van der Waals surface area (Å²) in [5, 5.41) is 7.90. The number of nitrogens with zero attached hydrogens (tertiary/aromatic N) is 1. The van der Waals surface area contributed by atoms with Crippen molar-refractivity contribution in [3.05, 3.63) is 24.0 Å². The van der Waals surface area contributed by atoms with Crippen LogP contribution in [0.15, 0.2) is 18.5 Å². The molecule has 6 heteroatoms. The van der Waals surface area contributed by atoms with Crippen molar-refractivity contribution in [2.24, 2.45) is 0 Å². The molecule has 118 valence electrons. The molecule has 3 heterocycles. The molecule has 3 N–H and O–H groups in total. The molecule has 0 radical (unpaired) electrons. The number of carbonyl (C=O) groups is 1. The molecule has 2 atom stereocenters. The van der Waals surface area contributed by atoms with Gasteiger partial charge in [0.2, 0.25) is 0 Å². The summed E-state index contributed by atoms with van der Waals surface area (Å²) in [7, 11) is 0. The van der Waals surface area contributed by atoms with Crippen molar-refractivity contribution in [1.82, 2.24) is 15.3 Å². The highest BCUT2D eigenvalue weighted by atomic mass is 16.5. The highest BCUT2D eigenvalue weighted by molar-refractivity contribution is 6.04. The highest BCUT2D eigenvalue weighted by Gasteiger charge is 2.22. The number of rotatable bonds is 4. The number of hydrogen-bond acceptors (Lipinski definition) is 5. The van der Waals surface area contributed by atoms with Gasteiger partial charge in [-0.3, -0.25) is 0 Å². The number of esters is 1. The highest BCUT2D eigenvalue weighted by Crippen LogP contribution is 2.28. The Morgan fingerprint density at radius 3 is 3.09 bits per heavy atom. The lowest BCUT2D eigenvalue weighted by Gasteiger charge is -2.29. The second kappa shape index (κ2) is 6.36. The molecule has 22 heavy (non-hydrogen) atoms. The number of hydrogen-bond donors (Lipinski definition) is 3. The lowest BCUT2D eigenvalue weighted by molar-refractivity contribution is 0.0527. The van der Waals surface area contributed by atoms with Gasteiger partial charge >= 0.3 is 5.97 Å². The zero-order valence-corrected chi connectivity index (χ0v) is 13.0. The van der Waals surface area contributed by atoms with Gasteiger partial charge in [-0.15, -0.1) is 0 Å². The first kappa shape index (κ1) is 14.8. The van der Waals surface area contributed by atoms with Gasteiger partial charge in [0.05, 0.1) is 12.3 Å². The Morgan fingerprint density at radius 1 is 1.50 bits per heavy atom. The first-order valence-electron chi connectivity index (χ1n) is 7.82. The van der Waals surface area contributed by atoms with Crippen molar-refractivity contribution in [1.29, 1.82) is 0 Å². The summed E-state index contributed by atoms with van der Waals surface area (Å²) in [6.45, 7) is 5.24. The first-order valence-corrected chi connectivity index (χ1v) is 7.82. The minimum absolute atomic E-state index is 0.296. The zero-order valence-electron chi connectivity index (χ0n) is 13.0. The van der Waals surface area contributed by atoms with E-state index in [2.05, 4.69) is 27.5 Å². The Bertz CT molecular complexity index is 659. The van der Waals surface area contributed by atoms with Crippen LogP contribution in [0.4, 0.5) is 5.69 Å². The molecule has 1 aliphatic heterocycles. The van der Waals surface area contributed by atoms with Crippen LogP contribution in [0.2, 0.25) is 0 Å². The number of carbonyl (C=O) groups excluding carboxylic acids is 1. The number of H-pyrrole nitrogens is 1. The van der Waals surface area contributed by atoms with E-state index in [-0.39, 0.29) is 5.97 Å². The van der Waals surface area contributed by atoms with Crippen molar-refractivity contribution in [3.63, 3.8) is 0 Å². The average Bonchev–Trinajstić information content (AvgIpc) is 2.99. The molecule has 2 aromatic rings. The lowest BCUT2D eigenvalue weighted by Crippen LogP contribution is -2.43. The van der Waals surface area contributed by atoms with E-state index in [0.29, 0.717) is 24.3 Å². The van der Waals surface area contributed by atoms with Crippen LogP contribution in [-0.2, 0) is 4.74 Å². The topological polar surface area (TPSA) is 79.0 Å². The van der Waals surface area contributed by atoms with E-state index in [4.69, 9.17) is 4.74 Å². The third kappa shape index (κ3) is 2.92. The molecule has 0 bridgehead atoms. The molecule has 0 amide bonds. The van der Waals surface area contributed by atoms with Crippen LogP contribution in [0.1, 0.15) is 37.0 Å². The molecule has 1 saturated heterocycles. The van der Waals surface area contributed by atoms with Crippen LogP contribution < -0.4 is 10.6 Å². The molecule has 1 aliphatic rings. The van der Waals surface area contributed by atoms with Gasteiger partial charge in [0.25, 0.3) is 0 Å². The normalized spacial score (nSPS) is 21.7. The predicted molar refractivity (Wildman–Crippen MR) is 86.2 cm³/mol.